The Hall–Kier alpha value is -0.530. The van der Waals surface area contributed by atoms with Gasteiger partial charge in [0, 0.05) is 11.6 Å². The van der Waals surface area contributed by atoms with E-state index in [1.807, 2.05) is 18.2 Å². The highest BCUT2D eigenvalue weighted by Crippen LogP contribution is 2.24. The number of hydrogen-bond acceptors (Lipinski definition) is 1. The van der Waals surface area contributed by atoms with Crippen molar-refractivity contribution in [1.29, 1.82) is 0 Å². The van der Waals surface area contributed by atoms with Crippen LogP contribution in [0.1, 0.15) is 32.3 Å². The second kappa shape index (κ2) is 6.93. The van der Waals surface area contributed by atoms with Crippen LogP contribution in [-0.4, -0.2) is 11.7 Å². The molecule has 1 aromatic carbocycles. The molecule has 0 aliphatic heterocycles. The van der Waals surface area contributed by atoms with E-state index >= 15 is 0 Å². The molecule has 1 unspecified atom stereocenters. The Balaban J connectivity index is 2.69. The minimum absolute atomic E-state index is 0.263. The SMILES string of the molecule is CCC(CC)C(CO)Cc1cccc(Cl)c1. The summed E-state index contributed by atoms with van der Waals surface area (Å²) in [7, 11) is 0. The Morgan fingerprint density at radius 2 is 1.88 bits per heavy atom. The summed E-state index contributed by atoms with van der Waals surface area (Å²) in [6, 6.07) is 7.93. The molecule has 1 rings (SSSR count). The van der Waals surface area contributed by atoms with E-state index in [2.05, 4.69) is 19.9 Å². The minimum atomic E-state index is 0.263. The molecule has 0 saturated carbocycles. The zero-order chi connectivity index (χ0) is 12.0. The molecule has 1 atom stereocenters. The van der Waals surface area contributed by atoms with Crippen LogP contribution >= 0.6 is 11.6 Å². The summed E-state index contributed by atoms with van der Waals surface area (Å²) in [5.41, 5.74) is 1.22. The van der Waals surface area contributed by atoms with Gasteiger partial charge >= 0.3 is 0 Å². The molecule has 16 heavy (non-hydrogen) atoms. The van der Waals surface area contributed by atoms with Gasteiger partial charge in [-0.1, -0.05) is 50.4 Å². The van der Waals surface area contributed by atoms with Gasteiger partial charge in [0.25, 0.3) is 0 Å². The van der Waals surface area contributed by atoms with Crippen molar-refractivity contribution in [3.8, 4) is 0 Å². The van der Waals surface area contributed by atoms with E-state index in [9.17, 15) is 5.11 Å². The summed E-state index contributed by atoms with van der Waals surface area (Å²) < 4.78 is 0. The van der Waals surface area contributed by atoms with Crippen molar-refractivity contribution >= 4 is 11.6 Å². The van der Waals surface area contributed by atoms with E-state index in [0.29, 0.717) is 11.8 Å². The van der Waals surface area contributed by atoms with Crippen molar-refractivity contribution in [2.45, 2.75) is 33.1 Å². The number of aliphatic hydroxyl groups is 1. The Morgan fingerprint density at radius 1 is 1.19 bits per heavy atom. The summed E-state index contributed by atoms with van der Waals surface area (Å²) in [6.07, 6.45) is 3.17. The molecule has 0 heterocycles. The highest BCUT2D eigenvalue weighted by atomic mass is 35.5. The maximum atomic E-state index is 9.46. The lowest BCUT2D eigenvalue weighted by Gasteiger charge is -2.23. The summed E-state index contributed by atoms with van der Waals surface area (Å²) in [5, 5.41) is 10.2. The molecule has 2 heteroatoms. The van der Waals surface area contributed by atoms with Gasteiger partial charge in [-0.2, -0.15) is 0 Å². The third-order valence-electron chi connectivity index (χ3n) is 3.34. The Bertz CT molecular complexity index is 307. The highest BCUT2D eigenvalue weighted by molar-refractivity contribution is 6.30. The van der Waals surface area contributed by atoms with Crippen LogP contribution in [0.5, 0.6) is 0 Å². The van der Waals surface area contributed by atoms with E-state index in [1.165, 1.54) is 5.56 Å². The molecule has 0 aromatic heterocycles. The van der Waals surface area contributed by atoms with Gasteiger partial charge < -0.3 is 5.11 Å². The predicted molar refractivity (Wildman–Crippen MR) is 69.8 cm³/mol. The number of hydrogen-bond donors (Lipinski definition) is 1. The molecule has 0 saturated heterocycles. The zero-order valence-corrected chi connectivity index (χ0v) is 10.9. The standard InChI is InChI=1S/C14H21ClO/c1-3-12(4-2)13(10-16)8-11-6-5-7-14(15)9-11/h5-7,9,12-13,16H,3-4,8,10H2,1-2H3. The fourth-order valence-corrected chi connectivity index (χ4v) is 2.52. The second-order valence-electron chi connectivity index (χ2n) is 4.35. The molecule has 0 aliphatic carbocycles. The van der Waals surface area contributed by atoms with Gasteiger partial charge in [0.05, 0.1) is 0 Å². The molecule has 1 nitrogen and oxygen atoms in total. The van der Waals surface area contributed by atoms with Crippen LogP contribution in [-0.2, 0) is 6.42 Å². The Labute approximate surface area is 103 Å². The fraction of sp³-hybridized carbons (Fsp3) is 0.571. The summed E-state index contributed by atoms with van der Waals surface area (Å²) in [6.45, 7) is 4.64. The molecule has 0 spiro atoms. The zero-order valence-electron chi connectivity index (χ0n) is 10.1. The largest absolute Gasteiger partial charge is 0.396 e. The molecule has 0 bridgehead atoms. The van der Waals surface area contributed by atoms with Gasteiger partial charge in [-0.25, -0.2) is 0 Å². The maximum absolute atomic E-state index is 9.46. The molecule has 1 aromatic rings. The minimum Gasteiger partial charge on any atom is -0.396 e. The van der Waals surface area contributed by atoms with Gasteiger partial charge in [0.1, 0.15) is 0 Å². The van der Waals surface area contributed by atoms with E-state index in [4.69, 9.17) is 11.6 Å². The van der Waals surface area contributed by atoms with Crippen LogP contribution in [0.25, 0.3) is 0 Å². The lowest BCUT2D eigenvalue weighted by atomic mass is 9.84. The monoisotopic (exact) mass is 240 g/mol. The third kappa shape index (κ3) is 3.80. The first-order chi connectivity index (χ1) is 7.71. The van der Waals surface area contributed by atoms with Crippen LogP contribution in [0.15, 0.2) is 24.3 Å². The number of benzene rings is 1. The van der Waals surface area contributed by atoms with Crippen LogP contribution in [0.2, 0.25) is 5.02 Å². The van der Waals surface area contributed by atoms with Crippen molar-refractivity contribution in [3.05, 3.63) is 34.9 Å². The van der Waals surface area contributed by atoms with Crippen LogP contribution < -0.4 is 0 Å². The lowest BCUT2D eigenvalue weighted by molar-refractivity contribution is 0.167. The smallest absolute Gasteiger partial charge is 0.0465 e. The molecular formula is C14H21ClO. The van der Waals surface area contributed by atoms with Crippen LogP contribution in [0.3, 0.4) is 0 Å². The van der Waals surface area contributed by atoms with Crippen molar-refractivity contribution in [3.63, 3.8) is 0 Å². The molecule has 90 valence electrons. The topological polar surface area (TPSA) is 20.2 Å². The van der Waals surface area contributed by atoms with E-state index in [0.717, 1.165) is 24.3 Å². The highest BCUT2D eigenvalue weighted by Gasteiger charge is 2.17. The quantitative estimate of drug-likeness (QED) is 0.799. The van der Waals surface area contributed by atoms with E-state index in [1.54, 1.807) is 0 Å². The first-order valence-corrected chi connectivity index (χ1v) is 6.44. The van der Waals surface area contributed by atoms with Gasteiger partial charge in [-0.15, -0.1) is 0 Å². The fourth-order valence-electron chi connectivity index (χ4n) is 2.30. The first-order valence-electron chi connectivity index (χ1n) is 6.06. The average molecular weight is 241 g/mol. The van der Waals surface area contributed by atoms with Crippen molar-refractivity contribution in [1.82, 2.24) is 0 Å². The first kappa shape index (κ1) is 13.5. The Kier molecular flexibility index (Phi) is 5.86. The van der Waals surface area contributed by atoms with Gasteiger partial charge in [0.2, 0.25) is 0 Å². The number of rotatable bonds is 6. The molecule has 0 fully saturated rings. The van der Waals surface area contributed by atoms with Crippen LogP contribution in [0, 0.1) is 11.8 Å². The summed E-state index contributed by atoms with van der Waals surface area (Å²) in [4.78, 5) is 0. The second-order valence-corrected chi connectivity index (χ2v) is 4.79. The molecule has 0 amide bonds. The third-order valence-corrected chi connectivity index (χ3v) is 3.57. The van der Waals surface area contributed by atoms with Gasteiger partial charge in [-0.05, 0) is 36.0 Å². The number of aliphatic hydroxyl groups excluding tert-OH is 1. The van der Waals surface area contributed by atoms with Crippen LogP contribution in [0.4, 0.5) is 0 Å². The molecule has 1 N–H and O–H groups in total. The van der Waals surface area contributed by atoms with E-state index < -0.39 is 0 Å². The number of halogens is 1. The normalized spacial score (nSPS) is 13.1. The van der Waals surface area contributed by atoms with E-state index in [-0.39, 0.29) is 6.61 Å². The van der Waals surface area contributed by atoms with Crippen molar-refractivity contribution in [2.75, 3.05) is 6.61 Å². The Morgan fingerprint density at radius 3 is 2.38 bits per heavy atom. The maximum Gasteiger partial charge on any atom is 0.0465 e. The van der Waals surface area contributed by atoms with Crippen molar-refractivity contribution < 1.29 is 5.11 Å². The molecular weight excluding hydrogens is 220 g/mol. The summed E-state index contributed by atoms with van der Waals surface area (Å²) in [5.74, 6) is 0.956. The average Bonchev–Trinajstić information content (AvgIpc) is 2.29. The predicted octanol–water partition coefficient (Wildman–Crippen LogP) is 3.93. The summed E-state index contributed by atoms with van der Waals surface area (Å²) >= 11 is 5.96. The van der Waals surface area contributed by atoms with Crippen molar-refractivity contribution in [2.24, 2.45) is 11.8 Å². The van der Waals surface area contributed by atoms with Gasteiger partial charge in [-0.3, -0.25) is 0 Å². The molecule has 0 radical (unpaired) electrons. The lowest BCUT2D eigenvalue weighted by Crippen LogP contribution is -2.20. The molecule has 0 aliphatic rings. The van der Waals surface area contributed by atoms with Gasteiger partial charge in [0.15, 0.2) is 0 Å².